The first-order valence-electron chi connectivity index (χ1n) is 26.2. The van der Waals surface area contributed by atoms with E-state index < -0.39 is 57.8 Å². The largest absolute Gasteiger partial charge is 0.472 e. The molecule has 12 heteroatoms. The maximum absolute atomic E-state index is 12.8. The number of aliphatic hydroxyl groups excluding tert-OH is 1. The predicted molar refractivity (Wildman–Crippen MR) is 270 cm³/mol. The molecular weight excluding hydrogens is 856 g/mol. The van der Waals surface area contributed by atoms with Crippen molar-refractivity contribution in [2.24, 2.45) is 0 Å². The van der Waals surface area contributed by atoms with E-state index in [0.717, 1.165) is 109 Å². The zero-order valence-electron chi connectivity index (χ0n) is 41.9. The normalized spacial score (nSPS) is 14.0. The number of aliphatic hydroxyl groups is 1. The number of allylic oxidation sites excluding steroid dienone is 10. The summed E-state index contributed by atoms with van der Waals surface area (Å²) in [5, 5.41) is 9.74. The van der Waals surface area contributed by atoms with Gasteiger partial charge in [-0.2, -0.15) is 0 Å². The smallest absolute Gasteiger partial charge is 0.462 e. The van der Waals surface area contributed by atoms with Gasteiger partial charge in [0.25, 0.3) is 0 Å². The lowest BCUT2D eigenvalue weighted by molar-refractivity contribution is -0.161. The first kappa shape index (κ1) is 63.2. The molecule has 0 aliphatic rings. The lowest BCUT2D eigenvalue weighted by Gasteiger charge is -2.21. The van der Waals surface area contributed by atoms with E-state index in [1.807, 2.05) is 0 Å². The predicted octanol–water partition coefficient (Wildman–Crippen LogP) is 14.8. The van der Waals surface area contributed by atoms with Gasteiger partial charge < -0.3 is 24.2 Å². The topological polar surface area (TPSA) is 155 Å². The van der Waals surface area contributed by atoms with Crippen LogP contribution in [0.4, 0.5) is 0 Å². The molecule has 0 heterocycles. The van der Waals surface area contributed by atoms with E-state index in [1.165, 1.54) is 57.8 Å². The molecule has 2 N–H and O–H groups in total. The Kier molecular flexibility index (Phi) is 46.6. The number of unbranched alkanes of at least 4 members (excludes halogenated alkanes) is 21. The Balaban J connectivity index is 4.78. The zero-order chi connectivity index (χ0) is 48.4. The van der Waals surface area contributed by atoms with E-state index in [-0.39, 0.29) is 25.9 Å². The van der Waals surface area contributed by atoms with Gasteiger partial charge in [-0.05, 0) is 83.5 Å². The number of carbonyl (C=O) groups is 3. The molecule has 0 aromatic heterocycles. The van der Waals surface area contributed by atoms with Crippen LogP contribution in [-0.4, -0.2) is 66.5 Å². The van der Waals surface area contributed by atoms with Crippen molar-refractivity contribution >= 4 is 25.7 Å². The number of esters is 3. The maximum atomic E-state index is 12.8. The molecule has 3 unspecified atom stereocenters. The Morgan fingerprint density at radius 2 is 0.788 bits per heavy atom. The van der Waals surface area contributed by atoms with Crippen LogP contribution < -0.4 is 0 Å². The summed E-state index contributed by atoms with van der Waals surface area (Å²) in [6.07, 6.45) is 50.5. The van der Waals surface area contributed by atoms with Crippen molar-refractivity contribution < 1.29 is 52.2 Å². The van der Waals surface area contributed by atoms with Crippen molar-refractivity contribution in [3.05, 3.63) is 60.8 Å². The minimum Gasteiger partial charge on any atom is -0.462 e. The van der Waals surface area contributed by atoms with Gasteiger partial charge in [0.2, 0.25) is 0 Å². The van der Waals surface area contributed by atoms with Crippen LogP contribution in [0.15, 0.2) is 60.8 Å². The average molecular weight is 951 g/mol. The molecule has 0 amide bonds. The summed E-state index contributed by atoms with van der Waals surface area (Å²) in [5.74, 6) is -1.50. The quantitative estimate of drug-likeness (QED) is 0.0197. The fraction of sp³-hybridized carbons (Fsp3) is 0.759. The summed E-state index contributed by atoms with van der Waals surface area (Å²) in [5.41, 5.74) is 0. The van der Waals surface area contributed by atoms with E-state index >= 15 is 0 Å². The summed E-state index contributed by atoms with van der Waals surface area (Å²) >= 11 is 0. The molecule has 0 aliphatic carbocycles. The van der Waals surface area contributed by atoms with E-state index in [1.54, 1.807) is 0 Å². The molecule has 0 aliphatic heterocycles. The second kappa shape index (κ2) is 48.6. The van der Waals surface area contributed by atoms with Gasteiger partial charge in [0.05, 0.1) is 19.8 Å². The molecule has 0 saturated heterocycles. The Bertz CT molecular complexity index is 1340. The number of phosphoric acid groups is 1. The van der Waals surface area contributed by atoms with E-state index in [4.69, 9.17) is 23.3 Å². The van der Waals surface area contributed by atoms with Crippen LogP contribution >= 0.6 is 7.82 Å². The molecule has 3 atom stereocenters. The summed E-state index contributed by atoms with van der Waals surface area (Å²) < 4.78 is 39.3. The molecular formula is C54H95O11P. The minimum absolute atomic E-state index is 0.152. The van der Waals surface area contributed by atoms with Gasteiger partial charge >= 0.3 is 25.7 Å². The Hall–Kier alpha value is -2.82. The van der Waals surface area contributed by atoms with Gasteiger partial charge in [0, 0.05) is 19.3 Å². The van der Waals surface area contributed by atoms with Gasteiger partial charge in [0.1, 0.15) is 12.7 Å². The van der Waals surface area contributed by atoms with Crippen LogP contribution in [0.5, 0.6) is 0 Å². The third kappa shape index (κ3) is 46.3. The molecule has 0 radical (unpaired) electrons. The van der Waals surface area contributed by atoms with Crippen molar-refractivity contribution in [1.29, 1.82) is 0 Å². The Morgan fingerprint density at radius 3 is 1.24 bits per heavy atom. The summed E-state index contributed by atoms with van der Waals surface area (Å²) in [4.78, 5) is 48.2. The van der Waals surface area contributed by atoms with Gasteiger partial charge in [0.15, 0.2) is 6.10 Å². The molecule has 0 aromatic rings. The van der Waals surface area contributed by atoms with Crippen molar-refractivity contribution in [3.63, 3.8) is 0 Å². The summed E-state index contributed by atoms with van der Waals surface area (Å²) in [7, 11) is -4.74. The molecule has 0 spiro atoms. The second-order valence-corrected chi connectivity index (χ2v) is 18.8. The first-order chi connectivity index (χ1) is 32.2. The molecule has 0 fully saturated rings. The van der Waals surface area contributed by atoms with Crippen molar-refractivity contribution in [3.8, 4) is 0 Å². The highest BCUT2D eigenvalue weighted by Crippen LogP contribution is 2.43. The molecule has 11 nitrogen and oxygen atoms in total. The summed E-state index contributed by atoms with van der Waals surface area (Å²) in [6, 6.07) is 0. The Morgan fingerprint density at radius 1 is 0.439 bits per heavy atom. The molecule has 382 valence electrons. The SMILES string of the molecule is CC/C=C\C/C=C\C/C=C\C/C=C\CCCCCCC(=O)OCC(COP(=O)(O)OCC(CO)OC(=O)CCCCCCCCCCC)OC(=O)CCCCCCC/C=C\CCCCCC. The molecule has 0 rings (SSSR count). The standard InChI is InChI=1S/C54H95O11P/c1-4-7-10-13-16-19-21-23-24-25-26-28-29-32-34-37-40-43-52(56)61-47-51(65-54(58)45-42-39-36-33-30-27-22-20-17-14-11-8-5-2)49-63-66(59,60)62-48-50(46-55)64-53(57)44-41-38-35-31-18-15-12-9-6-3/h7,10,16,19-20,22-24,26,28,50-51,55H,4-6,8-9,11-15,17-18,21,25,27,29-49H2,1-3H3,(H,59,60)/b10-7-,19-16-,22-20-,24-23-,28-26-. The van der Waals surface area contributed by atoms with E-state index in [9.17, 15) is 28.9 Å². The average Bonchev–Trinajstić information content (AvgIpc) is 3.30. The number of hydrogen-bond donors (Lipinski definition) is 2. The molecule has 0 saturated carbocycles. The molecule has 0 bridgehead atoms. The number of ether oxygens (including phenoxy) is 3. The Labute approximate surface area is 402 Å². The van der Waals surface area contributed by atoms with Gasteiger partial charge in [-0.25, -0.2) is 4.57 Å². The highest BCUT2D eigenvalue weighted by Gasteiger charge is 2.28. The first-order valence-corrected chi connectivity index (χ1v) is 27.7. The van der Waals surface area contributed by atoms with Crippen molar-refractivity contribution in [2.45, 2.75) is 238 Å². The lowest BCUT2D eigenvalue weighted by atomic mass is 10.1. The highest BCUT2D eigenvalue weighted by atomic mass is 31.2. The van der Waals surface area contributed by atoms with Crippen molar-refractivity contribution in [2.75, 3.05) is 26.4 Å². The van der Waals surface area contributed by atoms with E-state index in [2.05, 4.69) is 81.5 Å². The number of rotatable bonds is 48. The highest BCUT2D eigenvalue weighted by molar-refractivity contribution is 7.47. The maximum Gasteiger partial charge on any atom is 0.472 e. The number of hydrogen-bond acceptors (Lipinski definition) is 10. The second-order valence-electron chi connectivity index (χ2n) is 17.3. The third-order valence-corrected chi connectivity index (χ3v) is 11.9. The van der Waals surface area contributed by atoms with Crippen LogP contribution in [0, 0.1) is 0 Å². The van der Waals surface area contributed by atoms with Crippen LogP contribution in [0.1, 0.15) is 226 Å². The monoisotopic (exact) mass is 951 g/mol. The fourth-order valence-electron chi connectivity index (χ4n) is 6.93. The van der Waals surface area contributed by atoms with Crippen LogP contribution in [-0.2, 0) is 42.2 Å². The summed E-state index contributed by atoms with van der Waals surface area (Å²) in [6.45, 7) is 4.44. The zero-order valence-corrected chi connectivity index (χ0v) is 42.8. The minimum atomic E-state index is -4.74. The number of carbonyl (C=O) groups excluding carboxylic acids is 3. The van der Waals surface area contributed by atoms with Gasteiger partial charge in [-0.1, -0.05) is 184 Å². The van der Waals surface area contributed by atoms with Crippen LogP contribution in [0.25, 0.3) is 0 Å². The third-order valence-electron chi connectivity index (χ3n) is 10.9. The van der Waals surface area contributed by atoms with Crippen LogP contribution in [0.3, 0.4) is 0 Å². The van der Waals surface area contributed by atoms with Crippen LogP contribution in [0.2, 0.25) is 0 Å². The number of phosphoric ester groups is 1. The molecule has 66 heavy (non-hydrogen) atoms. The van der Waals surface area contributed by atoms with Gasteiger partial charge in [-0.3, -0.25) is 23.4 Å². The van der Waals surface area contributed by atoms with E-state index in [0.29, 0.717) is 19.3 Å². The molecule has 0 aromatic carbocycles. The lowest BCUT2D eigenvalue weighted by Crippen LogP contribution is -2.30. The van der Waals surface area contributed by atoms with Crippen molar-refractivity contribution in [1.82, 2.24) is 0 Å². The van der Waals surface area contributed by atoms with Gasteiger partial charge in [-0.15, -0.1) is 0 Å². The fourth-order valence-corrected chi connectivity index (χ4v) is 7.71.